The number of nitrogens with zero attached hydrogens (tertiary/aromatic N) is 2. The third-order valence-corrected chi connectivity index (χ3v) is 4.87. The molecule has 116 valence electrons. The highest BCUT2D eigenvalue weighted by Gasteiger charge is 2.18. The van der Waals surface area contributed by atoms with Crippen LogP contribution in [0.5, 0.6) is 0 Å². The molecule has 2 aromatic heterocycles. The standard InChI is InChI=1S/C19H10Br2N2O/c20-13-3-1-11-5-7-22-17(15(11)9-13)19(24)18-16-10-14(21)4-2-12(16)6-8-23-18/h1-10H. The van der Waals surface area contributed by atoms with Gasteiger partial charge in [-0.05, 0) is 47.2 Å². The highest BCUT2D eigenvalue weighted by atomic mass is 79.9. The van der Waals surface area contributed by atoms with Gasteiger partial charge in [0.05, 0.1) is 0 Å². The Kier molecular flexibility index (Phi) is 3.90. The lowest BCUT2D eigenvalue weighted by molar-refractivity contribution is 0.103. The van der Waals surface area contributed by atoms with E-state index in [-0.39, 0.29) is 5.78 Å². The van der Waals surface area contributed by atoms with Crippen LogP contribution in [0.1, 0.15) is 16.2 Å². The number of carbonyl (C=O) groups excluding carboxylic acids is 1. The molecule has 0 fully saturated rings. The van der Waals surface area contributed by atoms with Crippen LogP contribution in [0, 0.1) is 0 Å². The van der Waals surface area contributed by atoms with Crippen LogP contribution in [-0.2, 0) is 0 Å². The molecule has 0 unspecified atom stereocenters. The molecular weight excluding hydrogens is 432 g/mol. The first kappa shape index (κ1) is 15.4. The summed E-state index contributed by atoms with van der Waals surface area (Å²) in [5.41, 5.74) is 0.822. The summed E-state index contributed by atoms with van der Waals surface area (Å²) in [6, 6.07) is 15.4. The molecule has 0 saturated heterocycles. The molecule has 4 aromatic rings. The third-order valence-electron chi connectivity index (χ3n) is 3.89. The lowest BCUT2D eigenvalue weighted by Gasteiger charge is -2.08. The maximum absolute atomic E-state index is 13.1. The molecule has 0 aliphatic carbocycles. The predicted octanol–water partition coefficient (Wildman–Crippen LogP) is 5.54. The number of ketones is 1. The predicted molar refractivity (Wildman–Crippen MR) is 102 cm³/mol. The number of aromatic nitrogens is 2. The Morgan fingerprint density at radius 1 is 0.708 bits per heavy atom. The normalized spacial score (nSPS) is 11.1. The van der Waals surface area contributed by atoms with Gasteiger partial charge in [-0.15, -0.1) is 0 Å². The van der Waals surface area contributed by atoms with E-state index in [1.165, 1.54) is 0 Å². The van der Waals surface area contributed by atoms with Crippen LogP contribution in [0.3, 0.4) is 0 Å². The summed E-state index contributed by atoms with van der Waals surface area (Å²) in [6.07, 6.45) is 3.31. The zero-order valence-corrected chi connectivity index (χ0v) is 15.5. The molecule has 0 N–H and O–H groups in total. The monoisotopic (exact) mass is 440 g/mol. The van der Waals surface area contributed by atoms with Crippen LogP contribution < -0.4 is 0 Å². The van der Waals surface area contributed by atoms with Crippen molar-refractivity contribution in [2.24, 2.45) is 0 Å². The molecule has 0 atom stereocenters. The van der Waals surface area contributed by atoms with Gasteiger partial charge in [-0.2, -0.15) is 0 Å². The van der Waals surface area contributed by atoms with Gasteiger partial charge in [-0.3, -0.25) is 14.8 Å². The van der Waals surface area contributed by atoms with Gasteiger partial charge < -0.3 is 0 Å². The Balaban J connectivity index is 1.97. The summed E-state index contributed by atoms with van der Waals surface area (Å²) in [4.78, 5) is 21.8. The maximum Gasteiger partial charge on any atom is 0.230 e. The molecule has 0 bridgehead atoms. The fourth-order valence-electron chi connectivity index (χ4n) is 2.76. The first-order valence-electron chi connectivity index (χ1n) is 7.27. The van der Waals surface area contributed by atoms with Crippen molar-refractivity contribution in [3.63, 3.8) is 0 Å². The summed E-state index contributed by atoms with van der Waals surface area (Å²) in [6.45, 7) is 0. The van der Waals surface area contributed by atoms with Crippen LogP contribution in [-0.4, -0.2) is 15.8 Å². The number of halogens is 2. The second-order valence-electron chi connectivity index (χ2n) is 5.38. The van der Waals surface area contributed by atoms with Crippen LogP contribution >= 0.6 is 31.9 Å². The Bertz CT molecular complexity index is 1020. The van der Waals surface area contributed by atoms with Gasteiger partial charge in [0.15, 0.2) is 0 Å². The number of fused-ring (bicyclic) bond motifs is 2. The average Bonchev–Trinajstić information content (AvgIpc) is 2.60. The number of benzene rings is 2. The van der Waals surface area contributed by atoms with Crippen LogP contribution in [0.15, 0.2) is 69.9 Å². The molecule has 0 saturated carbocycles. The zero-order chi connectivity index (χ0) is 16.7. The van der Waals surface area contributed by atoms with E-state index in [9.17, 15) is 4.79 Å². The second-order valence-corrected chi connectivity index (χ2v) is 7.21. The minimum Gasteiger partial charge on any atom is -0.285 e. The maximum atomic E-state index is 13.1. The van der Waals surface area contributed by atoms with Crippen molar-refractivity contribution in [2.75, 3.05) is 0 Å². The van der Waals surface area contributed by atoms with Gasteiger partial charge in [0.25, 0.3) is 0 Å². The van der Waals surface area contributed by atoms with E-state index in [1.807, 2.05) is 48.5 Å². The molecular formula is C19H10Br2N2O. The molecule has 2 heterocycles. The quantitative estimate of drug-likeness (QED) is 0.383. The SMILES string of the molecule is O=C(c1nccc2ccc(Br)cc12)c1nccc2ccc(Br)cc12. The Morgan fingerprint density at radius 2 is 1.17 bits per heavy atom. The minimum atomic E-state index is -0.178. The fraction of sp³-hybridized carbons (Fsp3) is 0. The van der Waals surface area contributed by atoms with E-state index in [0.717, 1.165) is 30.5 Å². The molecule has 24 heavy (non-hydrogen) atoms. The van der Waals surface area contributed by atoms with Gasteiger partial charge in [-0.25, -0.2) is 0 Å². The molecule has 0 aliphatic heterocycles. The molecule has 2 aromatic carbocycles. The van der Waals surface area contributed by atoms with E-state index in [4.69, 9.17) is 0 Å². The van der Waals surface area contributed by atoms with Crippen molar-refractivity contribution in [1.82, 2.24) is 9.97 Å². The van der Waals surface area contributed by atoms with Gasteiger partial charge in [-0.1, -0.05) is 44.0 Å². The summed E-state index contributed by atoms with van der Waals surface area (Å²) < 4.78 is 1.82. The Labute approximate surface area is 155 Å². The molecule has 0 spiro atoms. The molecule has 3 nitrogen and oxygen atoms in total. The van der Waals surface area contributed by atoms with Crippen LogP contribution in [0.2, 0.25) is 0 Å². The summed E-state index contributed by atoms with van der Waals surface area (Å²) in [7, 11) is 0. The zero-order valence-electron chi connectivity index (χ0n) is 12.3. The summed E-state index contributed by atoms with van der Waals surface area (Å²) >= 11 is 6.92. The Hall–Kier alpha value is -2.11. The average molecular weight is 442 g/mol. The van der Waals surface area contributed by atoms with Crippen molar-refractivity contribution in [3.05, 3.63) is 81.3 Å². The van der Waals surface area contributed by atoms with Crippen LogP contribution in [0.4, 0.5) is 0 Å². The molecule has 5 heteroatoms. The minimum absolute atomic E-state index is 0.178. The van der Waals surface area contributed by atoms with Gasteiger partial charge in [0.2, 0.25) is 5.78 Å². The number of pyridine rings is 2. The molecule has 4 rings (SSSR count). The number of hydrogen-bond donors (Lipinski definition) is 0. The lowest BCUT2D eigenvalue weighted by atomic mass is 10.0. The van der Waals surface area contributed by atoms with Crippen molar-refractivity contribution < 1.29 is 4.79 Å². The van der Waals surface area contributed by atoms with Crippen molar-refractivity contribution in [3.8, 4) is 0 Å². The van der Waals surface area contributed by atoms with E-state index in [1.54, 1.807) is 12.4 Å². The third kappa shape index (κ3) is 2.64. The second kappa shape index (κ2) is 6.07. The first-order chi connectivity index (χ1) is 11.6. The summed E-state index contributed by atoms with van der Waals surface area (Å²) in [5, 5.41) is 3.56. The summed E-state index contributed by atoms with van der Waals surface area (Å²) in [5.74, 6) is -0.178. The molecule has 0 amide bonds. The lowest BCUT2D eigenvalue weighted by Crippen LogP contribution is -2.08. The number of carbonyl (C=O) groups is 1. The molecule has 0 aliphatic rings. The highest BCUT2D eigenvalue weighted by Crippen LogP contribution is 2.27. The highest BCUT2D eigenvalue weighted by molar-refractivity contribution is 9.10. The van der Waals surface area contributed by atoms with Crippen molar-refractivity contribution >= 4 is 59.2 Å². The van der Waals surface area contributed by atoms with E-state index < -0.39 is 0 Å². The largest absolute Gasteiger partial charge is 0.285 e. The fourth-order valence-corrected chi connectivity index (χ4v) is 3.48. The van der Waals surface area contributed by atoms with Crippen LogP contribution in [0.25, 0.3) is 21.5 Å². The van der Waals surface area contributed by atoms with E-state index in [2.05, 4.69) is 41.8 Å². The first-order valence-corrected chi connectivity index (χ1v) is 8.85. The van der Waals surface area contributed by atoms with E-state index in [0.29, 0.717) is 11.4 Å². The smallest absolute Gasteiger partial charge is 0.230 e. The Morgan fingerprint density at radius 3 is 1.62 bits per heavy atom. The van der Waals surface area contributed by atoms with Gasteiger partial charge >= 0.3 is 0 Å². The topological polar surface area (TPSA) is 42.9 Å². The van der Waals surface area contributed by atoms with E-state index >= 15 is 0 Å². The van der Waals surface area contributed by atoms with Crippen molar-refractivity contribution in [1.29, 1.82) is 0 Å². The van der Waals surface area contributed by atoms with Gasteiger partial charge in [0, 0.05) is 32.1 Å². The van der Waals surface area contributed by atoms with Gasteiger partial charge in [0.1, 0.15) is 11.4 Å². The molecule has 0 radical (unpaired) electrons. The van der Waals surface area contributed by atoms with Crippen molar-refractivity contribution in [2.45, 2.75) is 0 Å². The number of rotatable bonds is 2. The number of hydrogen-bond acceptors (Lipinski definition) is 3.